The van der Waals surface area contributed by atoms with Crippen molar-refractivity contribution in [2.45, 2.75) is 0 Å². The molecule has 31 heavy (non-hydrogen) atoms. The van der Waals surface area contributed by atoms with E-state index in [0.717, 1.165) is 16.7 Å². The van der Waals surface area contributed by atoms with E-state index >= 15 is 0 Å². The average Bonchev–Trinajstić information content (AvgIpc) is 3.27. The van der Waals surface area contributed by atoms with Gasteiger partial charge in [-0.15, -0.1) is 0 Å². The molecule has 0 radical (unpaired) electrons. The first-order valence-electron chi connectivity index (χ1n) is 10.5. The Balaban J connectivity index is 1.69. The van der Waals surface area contributed by atoms with Crippen LogP contribution in [0.3, 0.4) is 0 Å². The van der Waals surface area contributed by atoms with Crippen LogP contribution in [-0.2, 0) is 0 Å². The number of hydrogen-bond acceptors (Lipinski definition) is 2. The predicted molar refractivity (Wildman–Crippen MR) is 129 cm³/mol. The summed E-state index contributed by atoms with van der Waals surface area (Å²) in [7, 11) is 0. The van der Waals surface area contributed by atoms with E-state index in [-0.39, 0.29) is 0 Å². The first-order chi connectivity index (χ1) is 15.4. The van der Waals surface area contributed by atoms with E-state index < -0.39 is 0 Å². The van der Waals surface area contributed by atoms with Crippen LogP contribution in [0.4, 0.5) is 0 Å². The summed E-state index contributed by atoms with van der Waals surface area (Å²) in [6.45, 7) is 0. The second kappa shape index (κ2) is 6.16. The number of benzene rings is 6. The first-order valence-corrected chi connectivity index (χ1v) is 10.5. The van der Waals surface area contributed by atoms with E-state index in [9.17, 15) is 0 Å². The lowest BCUT2D eigenvalue weighted by molar-refractivity contribution is 0.620. The molecular weight excluding hydrogens is 378 g/mol. The minimum Gasteiger partial charge on any atom is -0.436 e. The van der Waals surface area contributed by atoms with E-state index in [1.54, 1.807) is 0 Å². The quantitative estimate of drug-likeness (QED) is 0.277. The maximum Gasteiger partial charge on any atom is 0.227 e. The van der Waals surface area contributed by atoms with E-state index in [1.165, 1.54) is 43.4 Å². The Morgan fingerprint density at radius 2 is 1.26 bits per heavy atom. The summed E-state index contributed by atoms with van der Waals surface area (Å²) in [4.78, 5) is 4.83. The monoisotopic (exact) mass is 395 g/mol. The predicted octanol–water partition coefficient (Wildman–Crippen LogP) is 8.06. The normalized spacial score (nSPS) is 11.9. The van der Waals surface area contributed by atoms with Gasteiger partial charge >= 0.3 is 0 Å². The van der Waals surface area contributed by atoms with Crippen molar-refractivity contribution in [1.29, 1.82) is 0 Å². The van der Waals surface area contributed by atoms with Crippen molar-refractivity contribution in [3.05, 3.63) is 103 Å². The molecule has 7 aromatic rings. The van der Waals surface area contributed by atoms with Gasteiger partial charge in [0.05, 0.1) is 0 Å². The molecular formula is C29H17NO. The zero-order valence-corrected chi connectivity index (χ0v) is 16.7. The highest BCUT2D eigenvalue weighted by atomic mass is 16.3. The minimum absolute atomic E-state index is 0.663. The van der Waals surface area contributed by atoms with Gasteiger partial charge in [-0.05, 0) is 61.6 Å². The van der Waals surface area contributed by atoms with Gasteiger partial charge in [-0.2, -0.15) is 0 Å². The maximum absolute atomic E-state index is 6.22. The van der Waals surface area contributed by atoms with Crippen LogP contribution in [0.25, 0.3) is 66.0 Å². The number of aromatic nitrogens is 1. The summed E-state index contributed by atoms with van der Waals surface area (Å²) in [5.74, 6) is 0.663. The summed E-state index contributed by atoms with van der Waals surface area (Å²) >= 11 is 0. The molecule has 2 nitrogen and oxygen atoms in total. The van der Waals surface area contributed by atoms with Gasteiger partial charge in [0.15, 0.2) is 5.58 Å². The highest BCUT2D eigenvalue weighted by Gasteiger charge is 2.19. The molecule has 0 spiro atoms. The first kappa shape index (κ1) is 16.6. The van der Waals surface area contributed by atoms with Crippen molar-refractivity contribution >= 4 is 43.4 Å². The van der Waals surface area contributed by atoms with E-state index in [4.69, 9.17) is 9.40 Å². The smallest absolute Gasteiger partial charge is 0.227 e. The molecule has 0 atom stereocenters. The Bertz CT molecular complexity index is 1680. The molecule has 0 aliphatic carbocycles. The molecule has 0 N–H and O–H groups in total. The summed E-state index contributed by atoms with van der Waals surface area (Å²) in [5, 5.41) is 7.51. The number of fused-ring (bicyclic) bond motifs is 1. The third-order valence-corrected chi connectivity index (χ3v) is 6.25. The molecule has 144 valence electrons. The second-order valence-corrected chi connectivity index (χ2v) is 8.00. The number of rotatable bonds is 2. The maximum atomic E-state index is 6.22. The van der Waals surface area contributed by atoms with Gasteiger partial charge in [-0.3, -0.25) is 0 Å². The number of oxazole rings is 1. The topological polar surface area (TPSA) is 26.0 Å². The largest absolute Gasteiger partial charge is 0.436 e. The summed E-state index contributed by atoms with van der Waals surface area (Å²) < 4.78 is 6.22. The fraction of sp³-hybridized carbons (Fsp3) is 0. The lowest BCUT2D eigenvalue weighted by atomic mass is 9.87. The minimum atomic E-state index is 0.663. The molecule has 0 saturated carbocycles. The number of hydrogen-bond donors (Lipinski definition) is 0. The van der Waals surface area contributed by atoms with E-state index in [2.05, 4.69) is 78.9 Å². The van der Waals surface area contributed by atoms with Crippen molar-refractivity contribution < 1.29 is 4.42 Å². The van der Waals surface area contributed by atoms with Crippen molar-refractivity contribution in [2.75, 3.05) is 0 Å². The zero-order chi connectivity index (χ0) is 20.4. The Hall–Kier alpha value is -4.17. The molecule has 0 aliphatic rings. The molecule has 2 heteroatoms. The van der Waals surface area contributed by atoms with Crippen LogP contribution in [0.1, 0.15) is 0 Å². The molecule has 1 aromatic heterocycles. The van der Waals surface area contributed by atoms with Crippen LogP contribution in [0.5, 0.6) is 0 Å². The van der Waals surface area contributed by atoms with Crippen molar-refractivity contribution in [3.63, 3.8) is 0 Å². The Labute approximate surface area is 178 Å². The van der Waals surface area contributed by atoms with Gasteiger partial charge in [0.2, 0.25) is 5.89 Å². The van der Waals surface area contributed by atoms with Gasteiger partial charge in [0.25, 0.3) is 0 Å². The van der Waals surface area contributed by atoms with Crippen LogP contribution in [0.2, 0.25) is 0 Å². The zero-order valence-electron chi connectivity index (χ0n) is 16.7. The van der Waals surface area contributed by atoms with Gasteiger partial charge in [0, 0.05) is 5.56 Å². The SMILES string of the molecule is c1ccc(-c2cc(-c3nc4ccccc4o3)c3ccc4cccc5ccc2c3c54)cc1. The molecule has 0 fully saturated rings. The van der Waals surface area contributed by atoms with Crippen LogP contribution >= 0.6 is 0 Å². The van der Waals surface area contributed by atoms with Crippen LogP contribution in [0.15, 0.2) is 108 Å². The standard InChI is InChI=1S/C29H17NO/c1-2-7-18(8-3-1)23-17-24(29-30-25-11-4-5-12-26(25)31-29)22-16-14-20-10-6-9-19-13-15-21(23)28(22)27(19)20/h1-17H. The lowest BCUT2D eigenvalue weighted by Gasteiger charge is -2.16. The second-order valence-electron chi connectivity index (χ2n) is 8.00. The molecule has 0 saturated heterocycles. The molecule has 0 unspecified atom stereocenters. The summed E-state index contributed by atoms with van der Waals surface area (Å²) in [5.41, 5.74) is 5.11. The Morgan fingerprint density at radius 3 is 2.03 bits per heavy atom. The third kappa shape index (κ3) is 2.36. The molecule has 7 rings (SSSR count). The molecule has 0 amide bonds. The molecule has 0 aliphatic heterocycles. The Morgan fingerprint density at radius 1 is 0.548 bits per heavy atom. The Kier molecular flexibility index (Phi) is 3.30. The van der Waals surface area contributed by atoms with E-state index in [0.29, 0.717) is 5.89 Å². The van der Waals surface area contributed by atoms with Gasteiger partial charge in [-0.25, -0.2) is 4.98 Å². The highest BCUT2D eigenvalue weighted by molar-refractivity contribution is 6.27. The van der Waals surface area contributed by atoms with Gasteiger partial charge in [-0.1, -0.05) is 84.9 Å². The summed E-state index contributed by atoms with van der Waals surface area (Å²) in [6, 6.07) is 36.2. The lowest BCUT2D eigenvalue weighted by Crippen LogP contribution is -1.91. The van der Waals surface area contributed by atoms with Crippen molar-refractivity contribution in [3.8, 4) is 22.6 Å². The van der Waals surface area contributed by atoms with Crippen molar-refractivity contribution in [2.24, 2.45) is 0 Å². The highest BCUT2D eigenvalue weighted by Crippen LogP contribution is 2.44. The van der Waals surface area contributed by atoms with Crippen LogP contribution in [0, 0.1) is 0 Å². The number of nitrogens with zero attached hydrogens (tertiary/aromatic N) is 1. The third-order valence-electron chi connectivity index (χ3n) is 6.25. The molecule has 1 heterocycles. The molecule has 6 aromatic carbocycles. The fourth-order valence-electron chi connectivity index (χ4n) is 4.85. The van der Waals surface area contributed by atoms with Gasteiger partial charge < -0.3 is 4.42 Å². The van der Waals surface area contributed by atoms with E-state index in [1.807, 2.05) is 24.3 Å². The summed E-state index contributed by atoms with van der Waals surface area (Å²) in [6.07, 6.45) is 0. The van der Waals surface area contributed by atoms with Gasteiger partial charge in [0.1, 0.15) is 5.52 Å². The average molecular weight is 395 g/mol. The fourth-order valence-corrected chi connectivity index (χ4v) is 4.85. The van der Waals surface area contributed by atoms with Crippen molar-refractivity contribution in [1.82, 2.24) is 4.98 Å². The molecule has 0 bridgehead atoms. The van der Waals surface area contributed by atoms with Crippen LogP contribution < -0.4 is 0 Å². The van der Waals surface area contributed by atoms with Crippen LogP contribution in [-0.4, -0.2) is 4.98 Å². The number of para-hydroxylation sites is 2.